The van der Waals surface area contributed by atoms with Crippen LogP contribution in [0.2, 0.25) is 0 Å². The van der Waals surface area contributed by atoms with Gasteiger partial charge in [0.2, 0.25) is 16.9 Å². The molecule has 0 radical (unpaired) electrons. The van der Waals surface area contributed by atoms with E-state index in [4.69, 9.17) is 0 Å². The van der Waals surface area contributed by atoms with E-state index in [1.165, 1.54) is 42.4 Å². The van der Waals surface area contributed by atoms with Crippen LogP contribution in [-0.2, 0) is 9.59 Å². The number of aromatic nitrogens is 2. The second kappa shape index (κ2) is 8.24. The first-order valence-electron chi connectivity index (χ1n) is 10.3. The van der Waals surface area contributed by atoms with E-state index in [2.05, 4.69) is 36.8 Å². The molecule has 2 N–H and O–H groups in total. The van der Waals surface area contributed by atoms with Crippen LogP contribution in [0.25, 0.3) is 0 Å². The fraction of sp³-hybridized carbons (Fsp3) is 0.524. The highest BCUT2D eigenvalue weighted by atomic mass is 79.9. The molecule has 4 fully saturated rings. The zero-order chi connectivity index (χ0) is 20.7. The molecule has 158 valence electrons. The van der Waals surface area contributed by atoms with Crippen molar-refractivity contribution in [2.45, 2.75) is 42.9 Å². The van der Waals surface area contributed by atoms with Crippen molar-refractivity contribution in [1.29, 1.82) is 0 Å². The summed E-state index contributed by atoms with van der Waals surface area (Å²) < 4.78 is 1.65. The molecule has 0 unspecified atom stereocenters. The molecule has 2 aromatic rings. The van der Waals surface area contributed by atoms with Crippen molar-refractivity contribution in [2.24, 2.45) is 23.2 Å². The molecule has 4 bridgehead atoms. The number of benzene rings is 1. The van der Waals surface area contributed by atoms with Gasteiger partial charge in [0.1, 0.15) is 0 Å². The summed E-state index contributed by atoms with van der Waals surface area (Å²) in [5.41, 5.74) is 0.558. The van der Waals surface area contributed by atoms with E-state index in [1.807, 2.05) is 24.3 Å². The molecular weight excluding hydrogens is 484 g/mol. The maximum atomic E-state index is 13.1. The molecule has 0 atom stereocenters. The molecule has 4 saturated carbocycles. The normalized spacial score (nSPS) is 29.0. The van der Waals surface area contributed by atoms with Gasteiger partial charge in [-0.3, -0.25) is 9.59 Å². The molecule has 30 heavy (non-hydrogen) atoms. The Morgan fingerprint density at radius 1 is 1.03 bits per heavy atom. The van der Waals surface area contributed by atoms with Gasteiger partial charge in [-0.1, -0.05) is 39.0 Å². The van der Waals surface area contributed by atoms with Gasteiger partial charge in [0, 0.05) is 10.2 Å². The van der Waals surface area contributed by atoms with Gasteiger partial charge >= 0.3 is 0 Å². The smallest absolute Gasteiger partial charge is 0.234 e. The fourth-order valence-corrected chi connectivity index (χ4v) is 7.61. The third-order valence-electron chi connectivity index (χ3n) is 6.60. The van der Waals surface area contributed by atoms with Crippen LogP contribution in [-0.4, -0.2) is 27.8 Å². The second-order valence-corrected chi connectivity index (χ2v) is 12.0. The molecule has 4 aliphatic rings. The monoisotopic (exact) mass is 506 g/mol. The Labute approximate surface area is 192 Å². The SMILES string of the molecule is O=C(CSc1nnc(NC(=O)C23CC4CC(CC(C4)C2)C3)s1)Nc1ccc(Br)cc1. The van der Waals surface area contributed by atoms with Crippen LogP contribution in [0.4, 0.5) is 10.8 Å². The maximum Gasteiger partial charge on any atom is 0.234 e. The third-order valence-corrected chi connectivity index (χ3v) is 9.10. The Hall–Kier alpha value is -1.45. The van der Waals surface area contributed by atoms with Crippen molar-refractivity contribution in [3.8, 4) is 0 Å². The van der Waals surface area contributed by atoms with Gasteiger partial charge in [0.05, 0.1) is 11.2 Å². The van der Waals surface area contributed by atoms with Crippen molar-refractivity contribution in [1.82, 2.24) is 10.2 Å². The minimum atomic E-state index is -0.196. The highest BCUT2D eigenvalue weighted by Gasteiger charge is 2.54. The number of halogens is 1. The number of hydrogen-bond donors (Lipinski definition) is 2. The van der Waals surface area contributed by atoms with Gasteiger partial charge in [-0.05, 0) is 80.5 Å². The van der Waals surface area contributed by atoms with Crippen LogP contribution < -0.4 is 10.6 Å². The lowest BCUT2D eigenvalue weighted by molar-refractivity contribution is -0.140. The van der Waals surface area contributed by atoms with E-state index < -0.39 is 0 Å². The molecule has 2 amide bonds. The molecule has 4 aliphatic carbocycles. The quantitative estimate of drug-likeness (QED) is 0.416. The number of anilines is 2. The molecule has 0 aliphatic heterocycles. The first-order chi connectivity index (χ1) is 14.5. The zero-order valence-corrected chi connectivity index (χ0v) is 19.6. The van der Waals surface area contributed by atoms with Crippen LogP contribution >= 0.6 is 39.0 Å². The third kappa shape index (κ3) is 4.29. The summed E-state index contributed by atoms with van der Waals surface area (Å²) in [5.74, 6) is 2.46. The average Bonchev–Trinajstić information content (AvgIpc) is 3.14. The number of carbonyl (C=O) groups excluding carboxylic acids is 2. The largest absolute Gasteiger partial charge is 0.325 e. The summed E-state index contributed by atoms with van der Waals surface area (Å²) in [5, 5.41) is 14.7. The Balaban J connectivity index is 1.15. The Kier molecular flexibility index (Phi) is 5.62. The molecule has 0 saturated heterocycles. The van der Waals surface area contributed by atoms with Gasteiger partial charge in [-0.25, -0.2) is 0 Å². The minimum absolute atomic E-state index is 0.100. The van der Waals surface area contributed by atoms with Crippen molar-refractivity contribution in [3.05, 3.63) is 28.7 Å². The highest BCUT2D eigenvalue weighted by molar-refractivity contribution is 9.10. The number of carbonyl (C=O) groups is 2. The number of hydrogen-bond acceptors (Lipinski definition) is 6. The predicted molar refractivity (Wildman–Crippen MR) is 123 cm³/mol. The Bertz CT molecular complexity index is 927. The van der Waals surface area contributed by atoms with Gasteiger partial charge in [-0.2, -0.15) is 0 Å². The van der Waals surface area contributed by atoms with Crippen LogP contribution in [0.5, 0.6) is 0 Å². The summed E-state index contributed by atoms with van der Waals surface area (Å²) in [6.07, 6.45) is 7.03. The van der Waals surface area contributed by atoms with E-state index in [0.717, 1.165) is 47.2 Å². The number of amides is 2. The molecule has 6 nitrogen and oxygen atoms in total. The highest BCUT2D eigenvalue weighted by Crippen LogP contribution is 2.60. The van der Waals surface area contributed by atoms with Gasteiger partial charge in [-0.15, -0.1) is 10.2 Å². The van der Waals surface area contributed by atoms with Crippen LogP contribution in [0.1, 0.15) is 38.5 Å². The number of thioether (sulfide) groups is 1. The zero-order valence-electron chi connectivity index (χ0n) is 16.4. The van der Waals surface area contributed by atoms with Crippen molar-refractivity contribution in [3.63, 3.8) is 0 Å². The number of nitrogens with one attached hydrogen (secondary N) is 2. The maximum absolute atomic E-state index is 13.1. The van der Waals surface area contributed by atoms with E-state index in [0.29, 0.717) is 9.47 Å². The van der Waals surface area contributed by atoms with Gasteiger partial charge in [0.15, 0.2) is 4.34 Å². The summed E-state index contributed by atoms with van der Waals surface area (Å²) in [6.45, 7) is 0. The Morgan fingerprint density at radius 3 is 2.30 bits per heavy atom. The lowest BCUT2D eigenvalue weighted by Crippen LogP contribution is -2.51. The topological polar surface area (TPSA) is 84.0 Å². The van der Waals surface area contributed by atoms with Gasteiger partial charge < -0.3 is 10.6 Å². The summed E-state index contributed by atoms with van der Waals surface area (Å²) >= 11 is 6.04. The number of rotatable bonds is 6. The van der Waals surface area contributed by atoms with Crippen molar-refractivity contribution >= 4 is 61.7 Å². The summed E-state index contributed by atoms with van der Waals surface area (Å²) in [4.78, 5) is 25.3. The van der Waals surface area contributed by atoms with Crippen LogP contribution in [0.15, 0.2) is 33.1 Å². The van der Waals surface area contributed by atoms with E-state index in [-0.39, 0.29) is 23.0 Å². The number of nitrogens with zero attached hydrogens (tertiary/aromatic N) is 2. The molecule has 1 heterocycles. The Morgan fingerprint density at radius 2 is 1.67 bits per heavy atom. The predicted octanol–water partition coefficient (Wildman–Crippen LogP) is 5.19. The lowest BCUT2D eigenvalue weighted by Gasteiger charge is -2.55. The molecule has 1 aromatic heterocycles. The second-order valence-electron chi connectivity index (χ2n) is 8.87. The lowest BCUT2D eigenvalue weighted by atomic mass is 9.49. The van der Waals surface area contributed by atoms with Crippen molar-refractivity contribution in [2.75, 3.05) is 16.4 Å². The fourth-order valence-electron chi connectivity index (χ4n) is 5.79. The minimum Gasteiger partial charge on any atom is -0.325 e. The average molecular weight is 507 g/mol. The standard InChI is InChI=1S/C21H23BrN4O2S2/c22-15-1-3-16(4-2-15)23-17(27)11-29-20-26-25-19(30-20)24-18(28)21-8-12-5-13(9-21)7-14(6-12)10-21/h1-4,12-14H,5-11H2,(H,23,27)(H,24,25,28). The molecule has 0 spiro atoms. The first-order valence-corrected chi connectivity index (χ1v) is 12.9. The molecular formula is C21H23BrN4O2S2. The first kappa shape index (κ1) is 20.5. The molecule has 1 aromatic carbocycles. The van der Waals surface area contributed by atoms with Gasteiger partial charge in [0.25, 0.3) is 0 Å². The summed E-state index contributed by atoms with van der Waals surface area (Å²) in [6, 6.07) is 7.45. The van der Waals surface area contributed by atoms with Crippen LogP contribution in [0, 0.1) is 23.2 Å². The molecule has 9 heteroatoms. The van der Waals surface area contributed by atoms with Crippen molar-refractivity contribution < 1.29 is 9.59 Å². The molecule has 6 rings (SSSR count). The van der Waals surface area contributed by atoms with E-state index >= 15 is 0 Å². The summed E-state index contributed by atoms with van der Waals surface area (Å²) in [7, 11) is 0. The van der Waals surface area contributed by atoms with E-state index in [1.54, 1.807) is 0 Å². The van der Waals surface area contributed by atoms with E-state index in [9.17, 15) is 9.59 Å². The van der Waals surface area contributed by atoms with Crippen LogP contribution in [0.3, 0.4) is 0 Å².